The normalized spacial score (nSPS) is 13.1. The van der Waals surface area contributed by atoms with Crippen LogP contribution in [0.4, 0.5) is 0 Å². The fourth-order valence-corrected chi connectivity index (χ4v) is 8.95. The maximum Gasteiger partial charge on any atom is 0.149 e. The van der Waals surface area contributed by atoms with Crippen LogP contribution in [0.5, 0.6) is 5.75 Å². The molecule has 0 aliphatic rings. The van der Waals surface area contributed by atoms with E-state index in [9.17, 15) is 5.11 Å². The van der Waals surface area contributed by atoms with E-state index in [-0.39, 0.29) is 27.6 Å². The van der Waals surface area contributed by atoms with Gasteiger partial charge >= 0.3 is 0 Å². The van der Waals surface area contributed by atoms with E-state index in [1.807, 2.05) is 71.4 Å². The molecule has 0 radical (unpaired) electrons. The molecule has 0 saturated carbocycles. The van der Waals surface area contributed by atoms with Crippen LogP contribution < -0.4 is 0 Å². The van der Waals surface area contributed by atoms with Crippen LogP contribution in [0.1, 0.15) is 88.7 Å². The number of phenolic OH excluding ortho intramolecular Hbond substituents is 1. The van der Waals surface area contributed by atoms with E-state index in [0.717, 1.165) is 66.9 Å². The zero-order valence-corrected chi connectivity index (χ0v) is 39.0. The van der Waals surface area contributed by atoms with Gasteiger partial charge in [-0.2, -0.15) is 0 Å². The maximum atomic E-state index is 11.5. The zero-order valence-electron chi connectivity index (χ0n) is 42.0. The van der Waals surface area contributed by atoms with Crippen LogP contribution in [0.2, 0.25) is 0 Å². The van der Waals surface area contributed by atoms with E-state index in [2.05, 4.69) is 153 Å². The summed E-state index contributed by atoms with van der Waals surface area (Å²) in [6.45, 7) is 17.4. The quantitative estimate of drug-likeness (QED) is 0.174. The van der Waals surface area contributed by atoms with Crippen LogP contribution >= 0.6 is 0 Å². The number of nitrogens with zero attached hydrogens (tertiary/aromatic N) is 3. The summed E-state index contributed by atoms with van der Waals surface area (Å²) in [4.78, 5) is 10.3. The van der Waals surface area contributed by atoms with Crippen molar-refractivity contribution in [1.29, 1.82) is 0 Å². The molecule has 0 bridgehead atoms. The van der Waals surface area contributed by atoms with E-state index in [1.165, 1.54) is 5.56 Å². The number of rotatable bonds is 7. The largest absolute Gasteiger partial charge is 0.507 e. The number of aromatic hydroxyl groups is 1. The highest BCUT2D eigenvalue weighted by molar-refractivity contribution is 5.97. The molecule has 4 heteroatoms. The van der Waals surface area contributed by atoms with Crippen LogP contribution in [-0.4, -0.2) is 19.6 Å². The maximum absolute atomic E-state index is 11.5. The average molecular weight is 853 g/mol. The Morgan fingerprint density at radius 1 is 0.492 bits per heavy atom. The van der Waals surface area contributed by atoms with Crippen LogP contribution in [0, 0.1) is 6.85 Å². The van der Waals surface area contributed by atoms with Crippen molar-refractivity contribution in [2.45, 2.75) is 85.4 Å². The summed E-state index contributed by atoms with van der Waals surface area (Å²) in [5.41, 5.74) is 15.4. The third-order valence-electron chi connectivity index (χ3n) is 12.6. The SMILES string of the molecule is [2H]C([2H])([2H])c1cc(-c2c(-c3ccccc3)cccc2C(C)(C)C)ccc1-n1c(-c2ccccc2O)nc2c(-c3cc(-c4cc(-c5ccc(C(C)(C)C)cc5)ccn4)cc(C(C)(C)C)c3)cccc21. The van der Waals surface area contributed by atoms with Crippen molar-refractivity contribution < 1.29 is 9.22 Å². The first-order chi connectivity index (χ1) is 32.2. The van der Waals surface area contributed by atoms with Gasteiger partial charge in [0, 0.05) is 21.4 Å². The standard InChI is InChI=1S/C61H59N3O/c1-39-34-43(56-48(41-18-12-11-13-19-41)21-16-23-51(56)61(8,9)10)28-31-53(39)64-54-24-17-22-49(57(54)63-58(64)50-20-14-15-25-55(50)65)44-35-45(37-47(36-44)60(5,6)7)52-38-42(32-33-62-52)40-26-29-46(30-27-40)59(2,3)4/h11-38,65H,1-10H3/i1D3. The minimum atomic E-state index is -2.52. The number of para-hydroxylation sites is 2. The van der Waals surface area contributed by atoms with Crippen LogP contribution in [0.25, 0.3) is 83.9 Å². The Bertz CT molecular complexity index is 3320. The highest BCUT2D eigenvalue weighted by Crippen LogP contribution is 2.44. The second-order valence-electron chi connectivity index (χ2n) is 20.3. The molecule has 0 fully saturated rings. The van der Waals surface area contributed by atoms with Gasteiger partial charge in [0.2, 0.25) is 0 Å². The molecule has 9 rings (SSSR count). The summed E-state index contributed by atoms with van der Waals surface area (Å²) in [6.07, 6.45) is 1.88. The molecule has 65 heavy (non-hydrogen) atoms. The summed E-state index contributed by atoms with van der Waals surface area (Å²) in [7, 11) is 0. The van der Waals surface area contributed by atoms with Crippen LogP contribution in [0.3, 0.4) is 0 Å². The van der Waals surface area contributed by atoms with Crippen LogP contribution in [0.15, 0.2) is 170 Å². The number of aryl methyl sites for hydroxylation is 1. The van der Waals surface area contributed by atoms with Gasteiger partial charge in [-0.15, -0.1) is 0 Å². The molecule has 0 aliphatic heterocycles. The first-order valence-electron chi connectivity index (χ1n) is 24.0. The molecule has 4 nitrogen and oxygen atoms in total. The molecule has 7 aromatic carbocycles. The molecule has 2 aromatic heterocycles. The minimum Gasteiger partial charge on any atom is -0.507 e. The lowest BCUT2D eigenvalue weighted by Gasteiger charge is -2.26. The molecule has 1 N–H and O–H groups in total. The molecule has 0 unspecified atom stereocenters. The van der Waals surface area contributed by atoms with Gasteiger partial charge in [-0.25, -0.2) is 4.98 Å². The molecule has 0 aliphatic carbocycles. The second kappa shape index (κ2) is 16.5. The summed E-state index contributed by atoms with van der Waals surface area (Å²) >= 11 is 0. The van der Waals surface area contributed by atoms with Gasteiger partial charge in [0.25, 0.3) is 0 Å². The molecule has 9 aromatic rings. The van der Waals surface area contributed by atoms with Crippen molar-refractivity contribution in [2.75, 3.05) is 0 Å². The Morgan fingerprint density at radius 2 is 1.15 bits per heavy atom. The number of benzene rings is 7. The number of hydrogen-bond donors (Lipinski definition) is 1. The molecule has 0 atom stereocenters. The van der Waals surface area contributed by atoms with Gasteiger partial charge in [0.05, 0.1) is 28.0 Å². The highest BCUT2D eigenvalue weighted by Gasteiger charge is 2.25. The third kappa shape index (κ3) is 8.42. The molecule has 0 spiro atoms. The summed E-state index contributed by atoms with van der Waals surface area (Å²) in [6, 6.07) is 55.2. The number of phenols is 1. The smallest absolute Gasteiger partial charge is 0.149 e. The lowest BCUT2D eigenvalue weighted by Crippen LogP contribution is -2.13. The summed E-state index contributed by atoms with van der Waals surface area (Å²) in [5.74, 6) is 0.475. The lowest BCUT2D eigenvalue weighted by molar-refractivity contribution is 0.477. The van der Waals surface area contributed by atoms with Crippen molar-refractivity contribution in [1.82, 2.24) is 14.5 Å². The van der Waals surface area contributed by atoms with Gasteiger partial charge in [0.1, 0.15) is 11.6 Å². The Kier molecular flexibility index (Phi) is 10.0. The van der Waals surface area contributed by atoms with Crippen molar-refractivity contribution in [3.05, 3.63) is 192 Å². The van der Waals surface area contributed by atoms with E-state index in [0.29, 0.717) is 28.1 Å². The molecule has 0 saturated heterocycles. The Hall–Kier alpha value is -7.04. The number of aromatic nitrogens is 3. The van der Waals surface area contributed by atoms with Crippen molar-refractivity contribution in [3.8, 4) is 78.6 Å². The fourth-order valence-electron chi connectivity index (χ4n) is 8.95. The van der Waals surface area contributed by atoms with Crippen molar-refractivity contribution in [3.63, 3.8) is 0 Å². The number of hydrogen-bond acceptors (Lipinski definition) is 3. The molecule has 2 heterocycles. The van der Waals surface area contributed by atoms with Crippen molar-refractivity contribution >= 4 is 11.0 Å². The van der Waals surface area contributed by atoms with Crippen molar-refractivity contribution in [2.24, 2.45) is 0 Å². The minimum absolute atomic E-state index is 0.0419. The Labute approximate surface area is 389 Å². The van der Waals surface area contributed by atoms with E-state index in [1.54, 1.807) is 12.1 Å². The Balaban J connectivity index is 1.26. The van der Waals surface area contributed by atoms with Gasteiger partial charge in [-0.1, -0.05) is 172 Å². The summed E-state index contributed by atoms with van der Waals surface area (Å²) < 4.78 is 29.2. The van der Waals surface area contributed by atoms with Gasteiger partial charge in [0.15, 0.2) is 0 Å². The van der Waals surface area contributed by atoms with Gasteiger partial charge < -0.3 is 5.11 Å². The van der Waals surface area contributed by atoms with Gasteiger partial charge in [-0.05, 0) is 139 Å². The van der Waals surface area contributed by atoms with Crippen LogP contribution in [-0.2, 0) is 16.2 Å². The lowest BCUT2D eigenvalue weighted by atomic mass is 9.78. The predicted molar refractivity (Wildman–Crippen MR) is 274 cm³/mol. The first-order valence-corrected chi connectivity index (χ1v) is 22.5. The first kappa shape index (κ1) is 39.5. The van der Waals surface area contributed by atoms with E-state index < -0.39 is 6.85 Å². The topological polar surface area (TPSA) is 50.9 Å². The van der Waals surface area contributed by atoms with Gasteiger partial charge in [-0.3, -0.25) is 9.55 Å². The van der Waals surface area contributed by atoms with E-state index >= 15 is 0 Å². The fraction of sp³-hybridized carbons (Fsp3) is 0.213. The number of pyridine rings is 1. The Morgan fingerprint density at radius 3 is 1.86 bits per heavy atom. The monoisotopic (exact) mass is 852 g/mol. The molecular formula is C61H59N3O. The highest BCUT2D eigenvalue weighted by atomic mass is 16.3. The summed E-state index contributed by atoms with van der Waals surface area (Å²) in [5, 5.41) is 11.5. The van der Waals surface area contributed by atoms with E-state index in [4.69, 9.17) is 14.1 Å². The average Bonchev–Trinajstić information content (AvgIpc) is 3.70. The number of fused-ring (bicyclic) bond motifs is 1. The molecule has 0 amide bonds. The second-order valence-corrected chi connectivity index (χ2v) is 20.3. The predicted octanol–water partition coefficient (Wildman–Crippen LogP) is 16.3. The number of imidazole rings is 1. The third-order valence-corrected chi connectivity index (χ3v) is 12.6. The zero-order chi connectivity index (χ0) is 48.3. The molecular weight excluding hydrogens is 791 g/mol. The molecule has 324 valence electrons.